The Morgan fingerprint density at radius 1 is 1.44 bits per heavy atom. The first-order valence-corrected chi connectivity index (χ1v) is 5.43. The quantitative estimate of drug-likeness (QED) is 0.706. The van der Waals surface area contributed by atoms with Gasteiger partial charge in [-0.2, -0.15) is 0 Å². The lowest BCUT2D eigenvalue weighted by Crippen LogP contribution is -2.44. The Balaban J connectivity index is 2.07. The zero-order chi connectivity index (χ0) is 11.7. The molecule has 0 atom stereocenters. The Kier molecular flexibility index (Phi) is 3.28. The fourth-order valence-corrected chi connectivity index (χ4v) is 2.10. The zero-order valence-corrected chi connectivity index (χ0v) is 9.23. The van der Waals surface area contributed by atoms with Crippen LogP contribution in [-0.2, 0) is 6.54 Å². The maximum absolute atomic E-state index is 13.2. The molecule has 2 rings (SSSR count). The van der Waals surface area contributed by atoms with Crippen molar-refractivity contribution >= 4 is 12.6 Å². The number of likely N-dealkylation sites (tertiary alicyclic amines) is 1. The van der Waals surface area contributed by atoms with Crippen LogP contribution in [0.5, 0.6) is 0 Å². The smallest absolute Gasteiger partial charge is 0.423 e. The van der Waals surface area contributed by atoms with Crippen LogP contribution in [0.1, 0.15) is 12.5 Å². The summed E-state index contributed by atoms with van der Waals surface area (Å²) < 4.78 is 13.2. The van der Waals surface area contributed by atoms with Gasteiger partial charge in [0.1, 0.15) is 5.82 Å². The van der Waals surface area contributed by atoms with Crippen LogP contribution in [0.3, 0.4) is 0 Å². The van der Waals surface area contributed by atoms with Crippen molar-refractivity contribution in [1.82, 2.24) is 4.90 Å². The van der Waals surface area contributed by atoms with Gasteiger partial charge < -0.3 is 10.0 Å². The third kappa shape index (κ3) is 2.43. The van der Waals surface area contributed by atoms with E-state index in [0.717, 1.165) is 31.1 Å². The molecule has 1 heterocycles. The maximum atomic E-state index is 13.2. The Hall–Kier alpha value is -0.905. The Labute approximate surface area is 94.7 Å². The minimum absolute atomic E-state index is 0.0499. The van der Waals surface area contributed by atoms with Crippen LogP contribution in [-0.4, -0.2) is 35.2 Å². The summed E-state index contributed by atoms with van der Waals surface area (Å²) in [6, 6.07) is 4.49. The molecule has 0 bridgehead atoms. The molecular weight excluding hydrogens is 208 g/mol. The van der Waals surface area contributed by atoms with E-state index in [9.17, 15) is 4.39 Å². The van der Waals surface area contributed by atoms with Crippen molar-refractivity contribution in [2.45, 2.75) is 13.5 Å². The van der Waals surface area contributed by atoms with E-state index >= 15 is 0 Å². The molecule has 1 fully saturated rings. The first kappa shape index (κ1) is 11.6. The van der Waals surface area contributed by atoms with E-state index in [4.69, 9.17) is 10.0 Å². The third-order valence-electron chi connectivity index (χ3n) is 2.88. The first-order valence-electron chi connectivity index (χ1n) is 5.43. The Morgan fingerprint density at radius 3 is 2.69 bits per heavy atom. The number of nitrogens with zero attached hydrogens (tertiary/aromatic N) is 1. The van der Waals surface area contributed by atoms with Gasteiger partial charge in [0.15, 0.2) is 0 Å². The van der Waals surface area contributed by atoms with E-state index in [-0.39, 0.29) is 5.46 Å². The minimum atomic E-state index is -1.74. The lowest BCUT2D eigenvalue weighted by Gasteiger charge is -2.37. The summed E-state index contributed by atoms with van der Waals surface area (Å²) in [5.74, 6) is 0.152. The second-order valence-electron chi connectivity index (χ2n) is 4.53. The number of hydrogen-bond acceptors (Lipinski definition) is 3. The van der Waals surface area contributed by atoms with Crippen molar-refractivity contribution in [1.29, 1.82) is 0 Å². The molecular formula is C11H15BFNO2. The average molecular weight is 223 g/mol. The second kappa shape index (κ2) is 4.53. The average Bonchev–Trinajstić information content (AvgIpc) is 2.18. The molecule has 2 N–H and O–H groups in total. The van der Waals surface area contributed by atoms with E-state index < -0.39 is 12.9 Å². The Bertz CT molecular complexity index is 380. The first-order chi connectivity index (χ1) is 7.56. The topological polar surface area (TPSA) is 43.7 Å². The summed E-state index contributed by atoms with van der Waals surface area (Å²) in [6.45, 7) is 5.02. The van der Waals surface area contributed by atoms with Crippen molar-refractivity contribution < 1.29 is 14.4 Å². The molecule has 0 radical (unpaired) electrons. The number of rotatable bonds is 3. The van der Waals surface area contributed by atoms with Crippen molar-refractivity contribution in [3.05, 3.63) is 29.6 Å². The highest BCUT2D eigenvalue weighted by atomic mass is 19.1. The largest absolute Gasteiger partial charge is 0.491 e. The van der Waals surface area contributed by atoms with Crippen LogP contribution in [0.15, 0.2) is 18.2 Å². The van der Waals surface area contributed by atoms with Gasteiger partial charge in [0.25, 0.3) is 0 Å². The van der Waals surface area contributed by atoms with Crippen LogP contribution in [0.25, 0.3) is 0 Å². The van der Waals surface area contributed by atoms with Crippen molar-refractivity contribution in [3.63, 3.8) is 0 Å². The fourth-order valence-electron chi connectivity index (χ4n) is 2.10. The van der Waals surface area contributed by atoms with E-state index in [0.29, 0.717) is 0 Å². The van der Waals surface area contributed by atoms with Gasteiger partial charge in [0, 0.05) is 25.1 Å². The molecule has 1 aliphatic rings. The molecule has 0 aromatic heterocycles. The van der Waals surface area contributed by atoms with Crippen LogP contribution < -0.4 is 5.46 Å². The summed E-state index contributed by atoms with van der Waals surface area (Å²) in [6.07, 6.45) is 0. The van der Waals surface area contributed by atoms with Crippen molar-refractivity contribution in [2.75, 3.05) is 13.1 Å². The van der Waals surface area contributed by atoms with Gasteiger partial charge >= 0.3 is 7.12 Å². The lowest BCUT2D eigenvalue weighted by molar-refractivity contribution is 0.105. The van der Waals surface area contributed by atoms with Crippen LogP contribution in [0, 0.1) is 11.7 Å². The molecule has 0 unspecified atom stereocenters. The highest BCUT2D eigenvalue weighted by Gasteiger charge is 2.23. The highest BCUT2D eigenvalue weighted by molar-refractivity contribution is 6.58. The van der Waals surface area contributed by atoms with Gasteiger partial charge in [0.2, 0.25) is 0 Å². The van der Waals surface area contributed by atoms with Gasteiger partial charge in [-0.15, -0.1) is 0 Å². The van der Waals surface area contributed by atoms with E-state index in [1.165, 1.54) is 12.1 Å². The van der Waals surface area contributed by atoms with Crippen LogP contribution >= 0.6 is 0 Å². The molecule has 1 aliphatic heterocycles. The zero-order valence-electron chi connectivity index (χ0n) is 9.23. The predicted molar refractivity (Wildman–Crippen MR) is 60.7 cm³/mol. The summed E-state index contributed by atoms with van der Waals surface area (Å²) >= 11 is 0. The molecule has 0 amide bonds. The number of benzene rings is 1. The molecule has 86 valence electrons. The van der Waals surface area contributed by atoms with Crippen molar-refractivity contribution in [2.24, 2.45) is 5.92 Å². The minimum Gasteiger partial charge on any atom is -0.423 e. The molecule has 16 heavy (non-hydrogen) atoms. The van der Waals surface area contributed by atoms with Gasteiger partial charge in [-0.1, -0.05) is 19.1 Å². The molecule has 3 nitrogen and oxygen atoms in total. The standard InChI is InChI=1S/C11H15BFNO2/c1-8-5-14(6-8)7-9-2-3-11(13)10(4-9)12(15)16/h2-4,8,15-16H,5-7H2,1H3. The molecule has 0 spiro atoms. The fraction of sp³-hybridized carbons (Fsp3) is 0.455. The molecule has 5 heteroatoms. The summed E-state index contributed by atoms with van der Waals surface area (Å²) in [5.41, 5.74) is 0.863. The number of hydrogen-bond donors (Lipinski definition) is 2. The molecule has 1 aromatic carbocycles. The third-order valence-corrected chi connectivity index (χ3v) is 2.88. The Morgan fingerprint density at radius 2 is 2.12 bits per heavy atom. The highest BCUT2D eigenvalue weighted by Crippen LogP contribution is 2.17. The summed E-state index contributed by atoms with van der Waals surface area (Å²) in [7, 11) is -1.74. The molecule has 0 saturated carbocycles. The summed E-state index contributed by atoms with van der Waals surface area (Å²) in [4.78, 5) is 2.24. The second-order valence-corrected chi connectivity index (χ2v) is 4.53. The van der Waals surface area contributed by atoms with E-state index in [1.54, 1.807) is 6.07 Å². The SMILES string of the molecule is CC1CN(Cc2ccc(F)c(B(O)O)c2)C1. The van der Waals surface area contributed by atoms with Crippen LogP contribution in [0.2, 0.25) is 0 Å². The maximum Gasteiger partial charge on any atom is 0.491 e. The normalized spacial score (nSPS) is 17.2. The predicted octanol–water partition coefficient (Wildman–Crippen LogP) is -0.0428. The van der Waals surface area contributed by atoms with Gasteiger partial charge in [-0.05, 0) is 17.5 Å². The lowest BCUT2D eigenvalue weighted by atomic mass is 9.79. The van der Waals surface area contributed by atoms with E-state index in [2.05, 4.69) is 11.8 Å². The van der Waals surface area contributed by atoms with Crippen LogP contribution in [0.4, 0.5) is 4.39 Å². The summed E-state index contributed by atoms with van der Waals surface area (Å²) in [5, 5.41) is 18.0. The monoisotopic (exact) mass is 223 g/mol. The van der Waals surface area contributed by atoms with Gasteiger partial charge in [0.05, 0.1) is 0 Å². The van der Waals surface area contributed by atoms with Gasteiger partial charge in [-0.25, -0.2) is 4.39 Å². The molecule has 1 aromatic rings. The van der Waals surface area contributed by atoms with E-state index in [1.807, 2.05) is 0 Å². The van der Waals surface area contributed by atoms with Crippen molar-refractivity contribution in [3.8, 4) is 0 Å². The molecule has 0 aliphatic carbocycles. The molecule has 1 saturated heterocycles. The number of halogens is 1. The van der Waals surface area contributed by atoms with Gasteiger partial charge in [-0.3, -0.25) is 4.90 Å².